The van der Waals surface area contributed by atoms with Crippen LogP contribution < -0.4 is 5.43 Å². The van der Waals surface area contributed by atoms with Crippen molar-refractivity contribution in [2.75, 3.05) is 19.6 Å². The minimum atomic E-state index is -0.187. The SMILES string of the molecule is CC(=O)N1CCn2c(-c3ccccc3)nc(C(=O)NN3CCCCC3)c2C1. The first-order valence-corrected chi connectivity index (χ1v) is 9.60. The Kier molecular flexibility index (Phi) is 4.94. The third-order valence-electron chi connectivity index (χ3n) is 5.31. The molecule has 0 unspecified atom stereocenters. The second kappa shape index (κ2) is 7.52. The molecule has 1 saturated heterocycles. The monoisotopic (exact) mass is 367 g/mol. The molecule has 7 nitrogen and oxygen atoms in total. The summed E-state index contributed by atoms with van der Waals surface area (Å²) in [4.78, 5) is 31.3. The molecule has 2 amide bonds. The lowest BCUT2D eigenvalue weighted by atomic mass is 10.2. The first-order valence-electron chi connectivity index (χ1n) is 9.60. The molecule has 2 aromatic rings. The van der Waals surface area contributed by atoms with Crippen LogP contribution in [0.4, 0.5) is 0 Å². The number of hydrogen-bond acceptors (Lipinski definition) is 4. The van der Waals surface area contributed by atoms with Crippen LogP contribution in [0, 0.1) is 0 Å². The Morgan fingerprint density at radius 3 is 2.44 bits per heavy atom. The smallest absolute Gasteiger partial charge is 0.286 e. The van der Waals surface area contributed by atoms with Gasteiger partial charge in [-0.25, -0.2) is 9.99 Å². The normalized spacial score (nSPS) is 17.4. The summed E-state index contributed by atoms with van der Waals surface area (Å²) in [6.07, 6.45) is 3.39. The highest BCUT2D eigenvalue weighted by Crippen LogP contribution is 2.26. The Bertz CT molecular complexity index is 840. The first kappa shape index (κ1) is 17.7. The molecule has 142 valence electrons. The van der Waals surface area contributed by atoms with E-state index in [1.807, 2.05) is 35.3 Å². The number of carbonyl (C=O) groups excluding carboxylic acids is 2. The van der Waals surface area contributed by atoms with Crippen molar-refractivity contribution in [2.24, 2.45) is 0 Å². The maximum atomic E-state index is 13.0. The van der Waals surface area contributed by atoms with Crippen molar-refractivity contribution in [3.05, 3.63) is 41.7 Å². The molecule has 0 radical (unpaired) electrons. The fourth-order valence-electron chi connectivity index (χ4n) is 3.83. The third-order valence-corrected chi connectivity index (χ3v) is 5.31. The highest BCUT2D eigenvalue weighted by Gasteiger charge is 2.29. The van der Waals surface area contributed by atoms with Gasteiger partial charge in [-0.2, -0.15) is 0 Å². The molecule has 1 fully saturated rings. The van der Waals surface area contributed by atoms with Crippen LogP contribution in [-0.2, 0) is 17.9 Å². The van der Waals surface area contributed by atoms with Crippen molar-refractivity contribution < 1.29 is 9.59 Å². The number of hydrazine groups is 1. The van der Waals surface area contributed by atoms with E-state index in [1.54, 1.807) is 11.8 Å². The van der Waals surface area contributed by atoms with E-state index < -0.39 is 0 Å². The molecule has 0 bridgehead atoms. The average Bonchev–Trinajstić information content (AvgIpc) is 3.08. The zero-order valence-corrected chi connectivity index (χ0v) is 15.6. The van der Waals surface area contributed by atoms with E-state index >= 15 is 0 Å². The Morgan fingerprint density at radius 2 is 1.74 bits per heavy atom. The third kappa shape index (κ3) is 3.60. The van der Waals surface area contributed by atoms with Gasteiger partial charge in [-0.3, -0.25) is 15.0 Å². The van der Waals surface area contributed by atoms with Gasteiger partial charge in [0, 0.05) is 38.7 Å². The predicted octanol–water partition coefficient (Wildman–Crippen LogP) is 2.04. The minimum Gasteiger partial charge on any atom is -0.335 e. The van der Waals surface area contributed by atoms with E-state index in [1.165, 1.54) is 6.42 Å². The molecular weight excluding hydrogens is 342 g/mol. The van der Waals surface area contributed by atoms with Gasteiger partial charge in [-0.1, -0.05) is 36.8 Å². The number of fused-ring (bicyclic) bond motifs is 1. The Balaban J connectivity index is 1.68. The van der Waals surface area contributed by atoms with Gasteiger partial charge in [-0.05, 0) is 12.8 Å². The van der Waals surface area contributed by atoms with Gasteiger partial charge < -0.3 is 9.47 Å². The quantitative estimate of drug-likeness (QED) is 0.901. The molecule has 27 heavy (non-hydrogen) atoms. The Labute approximate surface area is 158 Å². The van der Waals surface area contributed by atoms with E-state index in [0.717, 1.165) is 43.0 Å². The number of benzene rings is 1. The highest BCUT2D eigenvalue weighted by atomic mass is 16.2. The molecule has 2 aliphatic heterocycles. The van der Waals surface area contributed by atoms with E-state index in [4.69, 9.17) is 4.98 Å². The maximum Gasteiger partial charge on any atom is 0.286 e. The molecule has 3 heterocycles. The van der Waals surface area contributed by atoms with E-state index in [2.05, 4.69) is 9.99 Å². The number of amides is 2. The van der Waals surface area contributed by atoms with Gasteiger partial charge in [0.15, 0.2) is 5.69 Å². The van der Waals surface area contributed by atoms with Crippen molar-refractivity contribution in [2.45, 2.75) is 39.3 Å². The lowest BCUT2D eigenvalue weighted by Crippen LogP contribution is -2.46. The number of nitrogens with zero attached hydrogens (tertiary/aromatic N) is 4. The van der Waals surface area contributed by atoms with E-state index in [0.29, 0.717) is 25.3 Å². The van der Waals surface area contributed by atoms with Crippen LogP contribution in [0.3, 0.4) is 0 Å². The lowest BCUT2D eigenvalue weighted by Gasteiger charge is -2.29. The maximum absolute atomic E-state index is 13.0. The van der Waals surface area contributed by atoms with Gasteiger partial charge >= 0.3 is 0 Å². The van der Waals surface area contributed by atoms with Crippen LogP contribution >= 0.6 is 0 Å². The molecule has 0 spiro atoms. The molecule has 2 aliphatic rings. The topological polar surface area (TPSA) is 70.5 Å². The zero-order chi connectivity index (χ0) is 18.8. The standard InChI is InChI=1S/C20H25N5O2/c1-15(26)23-12-13-25-17(14-23)18(20(27)22-24-10-6-3-7-11-24)21-19(25)16-8-4-2-5-9-16/h2,4-5,8-9H,3,6-7,10-14H2,1H3,(H,22,27). The minimum absolute atomic E-state index is 0.0195. The molecule has 1 aromatic heterocycles. The van der Waals surface area contributed by atoms with Gasteiger partial charge in [-0.15, -0.1) is 0 Å². The predicted molar refractivity (Wildman–Crippen MR) is 102 cm³/mol. The molecule has 1 aromatic carbocycles. The molecular formula is C20H25N5O2. The van der Waals surface area contributed by atoms with Gasteiger partial charge in [0.2, 0.25) is 5.91 Å². The van der Waals surface area contributed by atoms with Crippen molar-refractivity contribution in [1.82, 2.24) is 24.9 Å². The van der Waals surface area contributed by atoms with E-state index in [9.17, 15) is 9.59 Å². The first-order chi connectivity index (χ1) is 13.1. The molecule has 0 atom stereocenters. The summed E-state index contributed by atoms with van der Waals surface area (Å²) in [6.45, 7) is 4.99. The summed E-state index contributed by atoms with van der Waals surface area (Å²) in [5, 5.41) is 1.98. The molecule has 7 heteroatoms. The summed E-state index contributed by atoms with van der Waals surface area (Å²) < 4.78 is 2.08. The van der Waals surface area contributed by atoms with Gasteiger partial charge in [0.05, 0.1) is 12.2 Å². The fraction of sp³-hybridized carbons (Fsp3) is 0.450. The van der Waals surface area contributed by atoms with Gasteiger partial charge in [0.1, 0.15) is 5.82 Å². The molecule has 1 N–H and O–H groups in total. The van der Waals surface area contributed by atoms with E-state index in [-0.39, 0.29) is 11.8 Å². The molecule has 0 saturated carbocycles. The summed E-state index contributed by atoms with van der Waals surface area (Å²) in [7, 11) is 0. The van der Waals surface area contributed by atoms with Crippen LogP contribution in [0.15, 0.2) is 30.3 Å². The number of rotatable bonds is 3. The highest BCUT2D eigenvalue weighted by molar-refractivity contribution is 5.94. The zero-order valence-electron chi connectivity index (χ0n) is 15.6. The second-order valence-electron chi connectivity index (χ2n) is 7.18. The second-order valence-corrected chi connectivity index (χ2v) is 7.18. The number of imidazole rings is 1. The number of nitrogens with one attached hydrogen (secondary N) is 1. The molecule has 4 rings (SSSR count). The Morgan fingerprint density at radius 1 is 1.00 bits per heavy atom. The number of carbonyl (C=O) groups is 2. The van der Waals surface area contributed by atoms with Crippen molar-refractivity contribution >= 4 is 11.8 Å². The lowest BCUT2D eigenvalue weighted by molar-refractivity contribution is -0.130. The average molecular weight is 367 g/mol. The van der Waals surface area contributed by atoms with Crippen molar-refractivity contribution in [3.63, 3.8) is 0 Å². The van der Waals surface area contributed by atoms with Gasteiger partial charge in [0.25, 0.3) is 5.91 Å². The summed E-state index contributed by atoms with van der Waals surface area (Å²) in [6, 6.07) is 9.90. The number of hydrogen-bond donors (Lipinski definition) is 1. The molecule has 0 aliphatic carbocycles. The number of aromatic nitrogens is 2. The van der Waals surface area contributed by atoms with Crippen LogP contribution in [0.5, 0.6) is 0 Å². The van der Waals surface area contributed by atoms with Crippen molar-refractivity contribution in [3.8, 4) is 11.4 Å². The number of piperidine rings is 1. The van der Waals surface area contributed by atoms with Crippen LogP contribution in [0.25, 0.3) is 11.4 Å². The summed E-state index contributed by atoms with van der Waals surface area (Å²) in [5.74, 6) is 0.622. The van der Waals surface area contributed by atoms with Crippen LogP contribution in [0.2, 0.25) is 0 Å². The Hall–Kier alpha value is -2.67. The van der Waals surface area contributed by atoms with Crippen LogP contribution in [-0.4, -0.2) is 50.9 Å². The summed E-state index contributed by atoms with van der Waals surface area (Å²) >= 11 is 0. The fourth-order valence-corrected chi connectivity index (χ4v) is 3.83. The summed E-state index contributed by atoms with van der Waals surface area (Å²) in [5.41, 5.74) is 5.22. The largest absolute Gasteiger partial charge is 0.335 e. The van der Waals surface area contributed by atoms with Crippen LogP contribution in [0.1, 0.15) is 42.4 Å². The van der Waals surface area contributed by atoms with Crippen molar-refractivity contribution in [1.29, 1.82) is 0 Å².